The van der Waals surface area contributed by atoms with Gasteiger partial charge in [0.1, 0.15) is 5.56 Å². The van der Waals surface area contributed by atoms with E-state index in [-0.39, 0.29) is 34.5 Å². The summed E-state index contributed by atoms with van der Waals surface area (Å²) in [6, 6.07) is 5.83. The van der Waals surface area contributed by atoms with Crippen LogP contribution >= 0.6 is 0 Å². The molecular weight excluding hydrogens is 440 g/mol. The van der Waals surface area contributed by atoms with Gasteiger partial charge in [-0.3, -0.25) is 10.1 Å². The zero-order valence-corrected chi connectivity index (χ0v) is 18.6. The number of ether oxygens (including phenoxy) is 2. The Morgan fingerprint density at radius 3 is 2.50 bits per heavy atom. The van der Waals surface area contributed by atoms with Gasteiger partial charge in [0.25, 0.3) is 15.7 Å². The van der Waals surface area contributed by atoms with Crippen molar-refractivity contribution < 1.29 is 32.0 Å². The predicted octanol–water partition coefficient (Wildman–Crippen LogP) is 4.07. The molecule has 0 atom stereocenters. The van der Waals surface area contributed by atoms with Gasteiger partial charge in [0, 0.05) is 24.7 Å². The maximum absolute atomic E-state index is 13.5. The van der Waals surface area contributed by atoms with Crippen molar-refractivity contribution in [3.8, 4) is 5.95 Å². The lowest BCUT2D eigenvalue weighted by atomic mass is 9.97. The Bertz CT molecular complexity index is 1120. The van der Waals surface area contributed by atoms with Gasteiger partial charge in [-0.1, -0.05) is 11.6 Å². The highest BCUT2D eigenvalue weighted by Gasteiger charge is 2.31. The van der Waals surface area contributed by atoms with Gasteiger partial charge in [0.05, 0.1) is 24.0 Å². The average Bonchev–Trinajstić information content (AvgIpc) is 3.23. The SMILES string of the molecule is COC(=O)c1cc(N(CCC2=CCCCC2)S(=O)(=O)c2ccc([N+](=O)[O-])cc2)oc1OC. The number of methoxy groups -OCH3 is 2. The molecule has 1 heterocycles. The number of nitrogens with zero attached hydrogens (tertiary/aromatic N) is 2. The molecule has 3 rings (SSSR count). The first-order valence-electron chi connectivity index (χ1n) is 9.99. The lowest BCUT2D eigenvalue weighted by molar-refractivity contribution is -0.384. The highest BCUT2D eigenvalue weighted by Crippen LogP contribution is 2.34. The van der Waals surface area contributed by atoms with Crippen molar-refractivity contribution >= 4 is 27.6 Å². The van der Waals surface area contributed by atoms with E-state index < -0.39 is 20.9 Å². The standard InChI is InChI=1S/C21H24N2O8S/c1-29-20(24)18-14-19(31-21(18)30-2)22(13-12-15-6-4-3-5-7-15)32(27,28)17-10-8-16(9-11-17)23(25)26/h6,8-11,14H,3-5,7,12-13H2,1-2H3. The molecule has 0 aliphatic heterocycles. The quantitative estimate of drug-likeness (QED) is 0.235. The molecule has 1 aromatic heterocycles. The number of carbonyl (C=O) groups excluding carboxylic acids is 1. The van der Waals surface area contributed by atoms with Crippen molar-refractivity contribution in [2.24, 2.45) is 0 Å². The van der Waals surface area contributed by atoms with Crippen LogP contribution in [-0.2, 0) is 14.8 Å². The van der Waals surface area contributed by atoms with Crippen molar-refractivity contribution in [2.75, 3.05) is 25.1 Å². The lowest BCUT2D eigenvalue weighted by Gasteiger charge is -2.23. The Hall–Kier alpha value is -3.34. The second kappa shape index (κ2) is 9.86. The largest absolute Gasteiger partial charge is 0.468 e. The van der Waals surface area contributed by atoms with Crippen LogP contribution in [0.4, 0.5) is 11.6 Å². The first kappa shape index (κ1) is 23.3. The number of hydrogen-bond donors (Lipinski definition) is 0. The normalized spacial score (nSPS) is 13.9. The molecule has 32 heavy (non-hydrogen) atoms. The second-order valence-electron chi connectivity index (χ2n) is 7.17. The summed E-state index contributed by atoms with van der Waals surface area (Å²) in [5.41, 5.74) is 0.869. The van der Waals surface area contributed by atoms with Crippen molar-refractivity contribution in [3.63, 3.8) is 0 Å². The summed E-state index contributed by atoms with van der Waals surface area (Å²) in [7, 11) is -1.68. The number of allylic oxidation sites excluding steroid dienone is 1. The number of sulfonamides is 1. The number of hydrogen-bond acceptors (Lipinski definition) is 8. The molecule has 0 amide bonds. The molecule has 0 spiro atoms. The predicted molar refractivity (Wildman–Crippen MR) is 115 cm³/mol. The Balaban J connectivity index is 2.01. The molecule has 10 nitrogen and oxygen atoms in total. The summed E-state index contributed by atoms with van der Waals surface area (Å²) in [6.45, 7) is 0.0580. The number of nitro benzene ring substituents is 1. The van der Waals surface area contributed by atoms with E-state index in [1.165, 1.54) is 32.4 Å². The van der Waals surface area contributed by atoms with Crippen LogP contribution in [0.15, 0.2) is 51.3 Å². The average molecular weight is 464 g/mol. The number of benzene rings is 1. The molecule has 1 aliphatic rings. The summed E-state index contributed by atoms with van der Waals surface area (Å²) in [5, 5.41) is 10.9. The van der Waals surface area contributed by atoms with Crippen molar-refractivity contribution in [2.45, 2.75) is 37.0 Å². The van der Waals surface area contributed by atoms with Crippen LogP contribution in [0.1, 0.15) is 42.5 Å². The molecular formula is C21H24N2O8S. The van der Waals surface area contributed by atoms with Gasteiger partial charge < -0.3 is 13.9 Å². The van der Waals surface area contributed by atoms with Gasteiger partial charge in [-0.2, -0.15) is 0 Å². The molecule has 172 valence electrons. The maximum atomic E-state index is 13.5. The Morgan fingerprint density at radius 2 is 1.94 bits per heavy atom. The second-order valence-corrected chi connectivity index (χ2v) is 9.03. The summed E-state index contributed by atoms with van der Waals surface area (Å²) >= 11 is 0. The summed E-state index contributed by atoms with van der Waals surface area (Å²) < 4.78 is 43.3. The van der Waals surface area contributed by atoms with Crippen molar-refractivity contribution in [1.29, 1.82) is 0 Å². The van der Waals surface area contributed by atoms with E-state index in [0.717, 1.165) is 47.7 Å². The fourth-order valence-electron chi connectivity index (χ4n) is 3.48. The Morgan fingerprint density at radius 1 is 1.22 bits per heavy atom. The van der Waals surface area contributed by atoms with Gasteiger partial charge >= 0.3 is 11.9 Å². The molecule has 1 aromatic carbocycles. The molecule has 11 heteroatoms. The summed E-state index contributed by atoms with van der Waals surface area (Å²) in [5.74, 6) is -1.02. The van der Waals surface area contributed by atoms with Crippen LogP contribution in [0.2, 0.25) is 0 Å². The van der Waals surface area contributed by atoms with Crippen LogP contribution in [0.5, 0.6) is 5.95 Å². The van der Waals surface area contributed by atoms with Crippen molar-refractivity contribution in [3.05, 3.63) is 57.7 Å². The minimum Gasteiger partial charge on any atom is -0.468 e. The number of nitro groups is 1. The van der Waals surface area contributed by atoms with E-state index in [4.69, 9.17) is 13.9 Å². The third-order valence-corrected chi connectivity index (χ3v) is 6.99. The van der Waals surface area contributed by atoms with E-state index in [1.807, 2.05) is 0 Å². The van der Waals surface area contributed by atoms with Gasteiger partial charge in [0.15, 0.2) is 0 Å². The van der Waals surface area contributed by atoms with Gasteiger partial charge in [-0.15, -0.1) is 0 Å². The van der Waals surface area contributed by atoms with Crippen LogP contribution in [0.3, 0.4) is 0 Å². The number of anilines is 1. The van der Waals surface area contributed by atoms with Gasteiger partial charge in [-0.05, 0) is 44.2 Å². The Labute approximate surface area is 185 Å². The highest BCUT2D eigenvalue weighted by molar-refractivity contribution is 7.92. The van der Waals surface area contributed by atoms with E-state index in [9.17, 15) is 23.3 Å². The van der Waals surface area contributed by atoms with Crippen LogP contribution < -0.4 is 9.04 Å². The monoisotopic (exact) mass is 464 g/mol. The molecule has 2 aromatic rings. The van der Waals surface area contributed by atoms with Crippen LogP contribution in [-0.4, -0.2) is 40.1 Å². The fraction of sp³-hybridized carbons (Fsp3) is 0.381. The maximum Gasteiger partial charge on any atom is 0.345 e. The molecule has 0 unspecified atom stereocenters. The minimum atomic E-state index is -4.16. The number of rotatable bonds is 9. The van der Waals surface area contributed by atoms with E-state index in [1.54, 1.807) is 0 Å². The highest BCUT2D eigenvalue weighted by atomic mass is 32.2. The molecule has 0 saturated carbocycles. The summed E-state index contributed by atoms with van der Waals surface area (Å²) in [6.07, 6.45) is 6.57. The van der Waals surface area contributed by atoms with Crippen molar-refractivity contribution in [1.82, 2.24) is 0 Å². The van der Waals surface area contributed by atoms with Gasteiger partial charge in [-0.25, -0.2) is 17.5 Å². The smallest absolute Gasteiger partial charge is 0.345 e. The van der Waals surface area contributed by atoms with Crippen LogP contribution in [0, 0.1) is 10.1 Å². The zero-order valence-electron chi connectivity index (χ0n) is 17.8. The molecule has 0 radical (unpaired) electrons. The molecule has 0 N–H and O–H groups in total. The lowest BCUT2D eigenvalue weighted by Crippen LogP contribution is -2.32. The van der Waals surface area contributed by atoms with E-state index >= 15 is 0 Å². The third kappa shape index (κ3) is 4.93. The van der Waals surface area contributed by atoms with Gasteiger partial charge in [0.2, 0.25) is 5.88 Å². The topological polar surface area (TPSA) is 129 Å². The molecule has 0 saturated heterocycles. The first-order chi connectivity index (χ1) is 15.3. The number of non-ortho nitro benzene ring substituents is 1. The fourth-order valence-corrected chi connectivity index (χ4v) is 4.87. The van der Waals surface area contributed by atoms with Crippen LogP contribution in [0.25, 0.3) is 0 Å². The summed E-state index contributed by atoms with van der Waals surface area (Å²) in [4.78, 5) is 22.2. The minimum absolute atomic E-state index is 0.0502. The molecule has 1 aliphatic carbocycles. The van der Waals surface area contributed by atoms with E-state index in [0.29, 0.717) is 6.42 Å². The third-order valence-electron chi connectivity index (χ3n) is 5.18. The number of furan rings is 1. The molecule has 0 fully saturated rings. The molecule has 0 bridgehead atoms. The van der Waals surface area contributed by atoms with E-state index in [2.05, 4.69) is 6.08 Å². The number of esters is 1. The Kier molecular flexibility index (Phi) is 7.18. The number of carbonyl (C=O) groups is 1. The first-order valence-corrected chi connectivity index (χ1v) is 11.4. The zero-order chi connectivity index (χ0) is 23.3.